The van der Waals surface area contributed by atoms with Crippen molar-refractivity contribution in [2.75, 3.05) is 25.0 Å². The molecule has 0 radical (unpaired) electrons. The molecule has 0 unspecified atom stereocenters. The Balaban J connectivity index is 1.45. The van der Waals surface area contributed by atoms with Gasteiger partial charge in [-0.25, -0.2) is 4.98 Å². The first-order chi connectivity index (χ1) is 8.55. The van der Waals surface area contributed by atoms with Crippen molar-refractivity contribution in [2.45, 2.75) is 25.4 Å². The fourth-order valence-corrected chi connectivity index (χ4v) is 3.20. The summed E-state index contributed by atoms with van der Waals surface area (Å²) in [7, 11) is 0. The number of thiazole rings is 1. The molecule has 5 nitrogen and oxygen atoms in total. The van der Waals surface area contributed by atoms with E-state index in [9.17, 15) is 9.90 Å². The third-order valence-corrected chi connectivity index (χ3v) is 4.44. The van der Waals surface area contributed by atoms with Gasteiger partial charge in [-0.2, -0.15) is 0 Å². The van der Waals surface area contributed by atoms with Crippen LogP contribution in [0.2, 0.25) is 0 Å². The van der Waals surface area contributed by atoms with Gasteiger partial charge in [0.1, 0.15) is 0 Å². The van der Waals surface area contributed by atoms with Crippen LogP contribution in [0.25, 0.3) is 0 Å². The second kappa shape index (κ2) is 4.29. The maximum absolute atomic E-state index is 11.8. The minimum atomic E-state index is -0.516. The van der Waals surface area contributed by atoms with E-state index in [2.05, 4.69) is 10.3 Å². The number of carbonyl (C=O) groups is 1. The van der Waals surface area contributed by atoms with E-state index >= 15 is 0 Å². The Morgan fingerprint density at radius 3 is 2.94 bits per heavy atom. The Morgan fingerprint density at radius 1 is 1.67 bits per heavy atom. The van der Waals surface area contributed by atoms with Gasteiger partial charge in [-0.05, 0) is 25.7 Å². The van der Waals surface area contributed by atoms with Gasteiger partial charge in [0, 0.05) is 18.5 Å². The molecule has 0 spiro atoms. The van der Waals surface area contributed by atoms with Gasteiger partial charge in [0.25, 0.3) is 0 Å². The van der Waals surface area contributed by atoms with Crippen LogP contribution in [0.5, 0.6) is 0 Å². The lowest BCUT2D eigenvalue weighted by atomic mass is 9.89. The normalized spacial score (nSPS) is 22.6. The van der Waals surface area contributed by atoms with Crippen LogP contribution >= 0.6 is 11.3 Å². The third kappa shape index (κ3) is 2.41. The number of aliphatic hydroxyl groups is 1. The predicted octanol–water partition coefficient (Wildman–Crippen LogP) is 0.847. The van der Waals surface area contributed by atoms with Crippen molar-refractivity contribution < 1.29 is 9.90 Å². The van der Waals surface area contributed by atoms with Crippen molar-refractivity contribution in [3.63, 3.8) is 0 Å². The fraction of sp³-hybridized carbons (Fsp3) is 0.667. The minimum Gasteiger partial charge on any atom is -0.387 e. The quantitative estimate of drug-likeness (QED) is 0.848. The molecular weight excluding hydrogens is 250 g/mol. The van der Waals surface area contributed by atoms with Crippen LogP contribution in [0.4, 0.5) is 5.13 Å². The van der Waals surface area contributed by atoms with Crippen LogP contribution in [-0.2, 0) is 4.79 Å². The second-order valence-electron chi connectivity index (χ2n) is 5.37. The van der Waals surface area contributed by atoms with Crippen LogP contribution < -0.4 is 5.32 Å². The molecule has 1 saturated carbocycles. The molecule has 1 amide bonds. The number of hydrogen-bond acceptors (Lipinski definition) is 5. The molecule has 2 fully saturated rings. The van der Waals surface area contributed by atoms with Crippen LogP contribution in [-0.4, -0.2) is 46.1 Å². The average Bonchev–Trinajstić information content (AvgIpc) is 3.02. The van der Waals surface area contributed by atoms with Gasteiger partial charge in [-0.1, -0.05) is 0 Å². The van der Waals surface area contributed by atoms with Crippen molar-refractivity contribution in [3.8, 4) is 0 Å². The van der Waals surface area contributed by atoms with Gasteiger partial charge in [0.05, 0.1) is 17.8 Å². The van der Waals surface area contributed by atoms with E-state index in [-0.39, 0.29) is 5.91 Å². The molecule has 98 valence electrons. The topological polar surface area (TPSA) is 65.5 Å². The molecule has 2 aliphatic rings. The number of likely N-dealkylation sites (tertiary alicyclic amines) is 1. The predicted molar refractivity (Wildman–Crippen MR) is 69.6 cm³/mol. The number of amides is 1. The maximum Gasteiger partial charge on any atom is 0.240 e. The molecule has 3 rings (SSSR count). The summed E-state index contributed by atoms with van der Waals surface area (Å²) in [6.07, 6.45) is 2.27. The van der Waals surface area contributed by atoms with Crippen molar-refractivity contribution >= 4 is 22.4 Å². The lowest BCUT2D eigenvalue weighted by Crippen LogP contribution is -2.64. The monoisotopic (exact) mass is 267 g/mol. The Kier molecular flexibility index (Phi) is 2.88. The van der Waals surface area contributed by atoms with Crippen molar-refractivity contribution in [1.82, 2.24) is 9.88 Å². The molecule has 0 bridgehead atoms. The lowest BCUT2D eigenvalue weighted by Gasteiger charge is -2.46. The van der Waals surface area contributed by atoms with Crippen LogP contribution in [0.15, 0.2) is 5.38 Å². The molecule has 2 N–H and O–H groups in total. The zero-order chi connectivity index (χ0) is 12.8. The van der Waals surface area contributed by atoms with Gasteiger partial charge in [-0.3, -0.25) is 9.69 Å². The van der Waals surface area contributed by atoms with E-state index in [0.717, 1.165) is 18.5 Å². The molecule has 1 aliphatic heterocycles. The summed E-state index contributed by atoms with van der Waals surface area (Å²) in [5, 5.41) is 15.5. The summed E-state index contributed by atoms with van der Waals surface area (Å²) in [6, 6.07) is 0. The standard InChI is InChI=1S/C12H17N3O2S/c1-8-5-18-11(13-8)14-10(16)4-15-6-12(17,7-15)9-2-3-9/h5,9,17H,2-4,6-7H2,1H3,(H,13,14,16). The summed E-state index contributed by atoms with van der Waals surface area (Å²) in [5.74, 6) is 0.417. The summed E-state index contributed by atoms with van der Waals surface area (Å²) >= 11 is 1.43. The van der Waals surface area contributed by atoms with Gasteiger partial charge in [0.15, 0.2) is 5.13 Å². The molecule has 0 atom stereocenters. The molecule has 18 heavy (non-hydrogen) atoms. The molecule has 1 aliphatic carbocycles. The van der Waals surface area contributed by atoms with Gasteiger partial charge >= 0.3 is 0 Å². The van der Waals surface area contributed by atoms with E-state index < -0.39 is 5.60 Å². The number of aryl methyl sites for hydroxylation is 1. The van der Waals surface area contributed by atoms with Gasteiger partial charge < -0.3 is 10.4 Å². The number of rotatable bonds is 4. The molecule has 2 heterocycles. The first-order valence-electron chi connectivity index (χ1n) is 6.22. The molecule has 1 saturated heterocycles. The summed E-state index contributed by atoms with van der Waals surface area (Å²) < 4.78 is 0. The average molecular weight is 267 g/mol. The number of β-amino-alcohol motifs (C(OH)–C–C–N with tert-alkyl or cyclic N) is 1. The third-order valence-electron chi connectivity index (χ3n) is 3.56. The maximum atomic E-state index is 11.8. The second-order valence-corrected chi connectivity index (χ2v) is 6.22. The number of carbonyl (C=O) groups excluding carboxylic acids is 1. The Bertz CT molecular complexity index is 464. The zero-order valence-electron chi connectivity index (χ0n) is 10.3. The number of anilines is 1. The van der Waals surface area contributed by atoms with Gasteiger partial charge in [-0.15, -0.1) is 11.3 Å². The van der Waals surface area contributed by atoms with E-state index in [1.807, 2.05) is 17.2 Å². The zero-order valence-corrected chi connectivity index (χ0v) is 11.2. The molecule has 1 aromatic rings. The summed E-state index contributed by atoms with van der Waals surface area (Å²) in [4.78, 5) is 17.9. The SMILES string of the molecule is Cc1csc(NC(=O)CN2CC(O)(C3CC3)C2)n1. The van der Waals surface area contributed by atoms with E-state index in [4.69, 9.17) is 0 Å². The van der Waals surface area contributed by atoms with E-state index in [1.165, 1.54) is 11.3 Å². The van der Waals surface area contributed by atoms with E-state index in [1.54, 1.807) is 0 Å². The van der Waals surface area contributed by atoms with Crippen LogP contribution in [0.1, 0.15) is 18.5 Å². The Labute approximate surface area is 110 Å². The molecule has 1 aromatic heterocycles. The first kappa shape index (κ1) is 12.1. The first-order valence-corrected chi connectivity index (χ1v) is 7.10. The van der Waals surface area contributed by atoms with Crippen molar-refractivity contribution in [1.29, 1.82) is 0 Å². The Hall–Kier alpha value is -0.980. The van der Waals surface area contributed by atoms with Crippen LogP contribution in [0, 0.1) is 12.8 Å². The molecular formula is C12H17N3O2S. The minimum absolute atomic E-state index is 0.0535. The largest absolute Gasteiger partial charge is 0.387 e. The van der Waals surface area contributed by atoms with Gasteiger partial charge in [0.2, 0.25) is 5.91 Å². The van der Waals surface area contributed by atoms with Crippen molar-refractivity contribution in [3.05, 3.63) is 11.1 Å². The smallest absolute Gasteiger partial charge is 0.240 e. The number of nitrogens with one attached hydrogen (secondary N) is 1. The number of hydrogen-bond donors (Lipinski definition) is 2. The lowest BCUT2D eigenvalue weighted by molar-refractivity contribution is -0.132. The highest BCUT2D eigenvalue weighted by Gasteiger charge is 2.51. The van der Waals surface area contributed by atoms with E-state index in [0.29, 0.717) is 30.7 Å². The van der Waals surface area contributed by atoms with Crippen molar-refractivity contribution in [2.24, 2.45) is 5.92 Å². The summed E-state index contributed by atoms with van der Waals surface area (Å²) in [6.45, 7) is 3.50. The fourth-order valence-electron chi connectivity index (χ4n) is 2.49. The molecule has 0 aromatic carbocycles. The number of aromatic nitrogens is 1. The van der Waals surface area contributed by atoms with Crippen LogP contribution in [0.3, 0.4) is 0 Å². The highest BCUT2D eigenvalue weighted by atomic mass is 32.1. The Morgan fingerprint density at radius 2 is 2.39 bits per heavy atom. The molecule has 6 heteroatoms. The summed E-state index contributed by atoms with van der Waals surface area (Å²) in [5.41, 5.74) is 0.403. The number of nitrogens with zero attached hydrogens (tertiary/aromatic N) is 2. The highest BCUT2D eigenvalue weighted by molar-refractivity contribution is 7.13. The highest BCUT2D eigenvalue weighted by Crippen LogP contribution is 2.44.